The summed E-state index contributed by atoms with van der Waals surface area (Å²) in [5, 5.41) is 16.0. The zero-order valence-corrected chi connectivity index (χ0v) is 15.4. The molecule has 0 saturated heterocycles. The summed E-state index contributed by atoms with van der Waals surface area (Å²) in [4.78, 5) is 24.9. The van der Waals surface area contributed by atoms with Crippen molar-refractivity contribution < 1.29 is 14.7 Å². The SMILES string of the molecule is CC(C)=CCC1(C)NC(=O)C(C(=O)Nc2ccccc2C(C)C)=C1O. The Balaban J connectivity index is 2.31. The lowest BCUT2D eigenvalue weighted by molar-refractivity contribution is -0.121. The van der Waals surface area contributed by atoms with E-state index in [0.29, 0.717) is 12.1 Å². The Kier molecular flexibility index (Phi) is 5.36. The predicted molar refractivity (Wildman–Crippen MR) is 99.4 cm³/mol. The average molecular weight is 342 g/mol. The van der Waals surface area contributed by atoms with Gasteiger partial charge in [-0.2, -0.15) is 0 Å². The van der Waals surface area contributed by atoms with E-state index in [4.69, 9.17) is 0 Å². The number of hydrogen-bond donors (Lipinski definition) is 3. The van der Waals surface area contributed by atoms with Crippen LogP contribution in [-0.2, 0) is 9.59 Å². The number of nitrogens with one attached hydrogen (secondary N) is 2. The Morgan fingerprint density at radius 2 is 1.96 bits per heavy atom. The third-order valence-electron chi connectivity index (χ3n) is 4.35. The van der Waals surface area contributed by atoms with Crippen LogP contribution in [0.15, 0.2) is 47.2 Å². The standard InChI is InChI=1S/C20H26N2O3/c1-12(2)10-11-20(5)17(23)16(19(25)22-20)18(24)21-15-9-7-6-8-14(15)13(3)4/h6-10,13,23H,11H2,1-5H3,(H,21,24)(H,22,25). The van der Waals surface area contributed by atoms with Crippen molar-refractivity contribution in [2.75, 3.05) is 5.32 Å². The van der Waals surface area contributed by atoms with Crippen LogP contribution in [0.3, 0.4) is 0 Å². The highest BCUT2D eigenvalue weighted by Gasteiger charge is 2.44. The molecule has 1 aliphatic rings. The topological polar surface area (TPSA) is 78.4 Å². The van der Waals surface area contributed by atoms with Crippen LogP contribution >= 0.6 is 0 Å². The molecule has 0 aromatic heterocycles. The van der Waals surface area contributed by atoms with Crippen LogP contribution in [0.1, 0.15) is 52.5 Å². The highest BCUT2D eigenvalue weighted by Crippen LogP contribution is 2.31. The number of allylic oxidation sites excluding steroid dienone is 1. The molecule has 3 N–H and O–H groups in total. The molecule has 1 aromatic carbocycles. The number of amides is 2. The van der Waals surface area contributed by atoms with Crippen LogP contribution in [0.5, 0.6) is 0 Å². The molecule has 2 rings (SSSR count). The molecule has 1 atom stereocenters. The van der Waals surface area contributed by atoms with Crippen molar-refractivity contribution in [3.8, 4) is 0 Å². The van der Waals surface area contributed by atoms with Crippen molar-refractivity contribution in [1.29, 1.82) is 0 Å². The summed E-state index contributed by atoms with van der Waals surface area (Å²) in [6.45, 7) is 9.65. The summed E-state index contributed by atoms with van der Waals surface area (Å²) in [7, 11) is 0. The third-order valence-corrected chi connectivity index (χ3v) is 4.35. The third kappa shape index (κ3) is 3.92. The van der Waals surface area contributed by atoms with Gasteiger partial charge in [0.1, 0.15) is 11.3 Å². The molecule has 1 heterocycles. The first-order chi connectivity index (χ1) is 11.7. The monoisotopic (exact) mass is 342 g/mol. The molecular weight excluding hydrogens is 316 g/mol. The molecule has 0 saturated carbocycles. The first-order valence-corrected chi connectivity index (χ1v) is 8.45. The fourth-order valence-electron chi connectivity index (χ4n) is 2.82. The number of carbonyl (C=O) groups excluding carboxylic acids is 2. The van der Waals surface area contributed by atoms with Gasteiger partial charge in [-0.05, 0) is 44.7 Å². The second-order valence-corrected chi connectivity index (χ2v) is 7.19. The highest BCUT2D eigenvalue weighted by molar-refractivity contribution is 6.25. The molecule has 0 fully saturated rings. The first kappa shape index (κ1) is 18.8. The smallest absolute Gasteiger partial charge is 0.264 e. The second kappa shape index (κ2) is 7.13. The zero-order chi connectivity index (χ0) is 18.8. The van der Waals surface area contributed by atoms with Crippen molar-refractivity contribution in [2.45, 2.75) is 52.5 Å². The van der Waals surface area contributed by atoms with Gasteiger partial charge in [-0.1, -0.05) is 43.7 Å². The minimum atomic E-state index is -0.960. The Morgan fingerprint density at radius 1 is 1.32 bits per heavy atom. The molecule has 5 heteroatoms. The highest BCUT2D eigenvalue weighted by atomic mass is 16.3. The van der Waals surface area contributed by atoms with Gasteiger partial charge in [0.05, 0.1) is 5.54 Å². The number of hydrogen-bond acceptors (Lipinski definition) is 3. The van der Waals surface area contributed by atoms with E-state index in [9.17, 15) is 14.7 Å². The minimum Gasteiger partial charge on any atom is -0.509 e. The fourth-order valence-corrected chi connectivity index (χ4v) is 2.82. The van der Waals surface area contributed by atoms with E-state index in [0.717, 1.165) is 11.1 Å². The number of aliphatic hydroxyl groups is 1. The van der Waals surface area contributed by atoms with Gasteiger partial charge >= 0.3 is 0 Å². The van der Waals surface area contributed by atoms with E-state index in [2.05, 4.69) is 10.6 Å². The van der Waals surface area contributed by atoms with Crippen molar-refractivity contribution in [3.05, 3.63) is 52.8 Å². The van der Waals surface area contributed by atoms with Gasteiger partial charge in [0.2, 0.25) is 0 Å². The van der Waals surface area contributed by atoms with Gasteiger partial charge in [0, 0.05) is 5.69 Å². The molecule has 134 valence electrons. The zero-order valence-electron chi connectivity index (χ0n) is 15.4. The van der Waals surface area contributed by atoms with Crippen LogP contribution < -0.4 is 10.6 Å². The molecule has 0 bridgehead atoms. The van der Waals surface area contributed by atoms with Crippen molar-refractivity contribution >= 4 is 17.5 Å². The number of carbonyl (C=O) groups is 2. The van der Waals surface area contributed by atoms with Crippen LogP contribution in [0.2, 0.25) is 0 Å². The van der Waals surface area contributed by atoms with E-state index < -0.39 is 17.4 Å². The maximum absolute atomic E-state index is 12.6. The van der Waals surface area contributed by atoms with Gasteiger partial charge in [0.25, 0.3) is 11.8 Å². The number of anilines is 1. The Morgan fingerprint density at radius 3 is 2.56 bits per heavy atom. The van der Waals surface area contributed by atoms with Crippen LogP contribution in [0.25, 0.3) is 0 Å². The maximum atomic E-state index is 12.6. The van der Waals surface area contributed by atoms with Gasteiger partial charge in [-0.25, -0.2) is 0 Å². The van der Waals surface area contributed by atoms with E-state index in [1.54, 1.807) is 13.0 Å². The summed E-state index contributed by atoms with van der Waals surface area (Å²) in [6, 6.07) is 7.45. The molecule has 1 aliphatic heterocycles. The molecule has 1 unspecified atom stereocenters. The Hall–Kier alpha value is -2.56. The van der Waals surface area contributed by atoms with Gasteiger partial charge in [0.15, 0.2) is 0 Å². The largest absolute Gasteiger partial charge is 0.509 e. The lowest BCUT2D eigenvalue weighted by Crippen LogP contribution is -2.41. The van der Waals surface area contributed by atoms with E-state index in [1.165, 1.54) is 0 Å². The van der Waals surface area contributed by atoms with Crippen LogP contribution in [0, 0.1) is 0 Å². The minimum absolute atomic E-state index is 0.213. The summed E-state index contributed by atoms with van der Waals surface area (Å²) in [6.07, 6.45) is 2.34. The van der Waals surface area contributed by atoms with E-state index >= 15 is 0 Å². The molecule has 1 aromatic rings. The summed E-state index contributed by atoms with van der Waals surface area (Å²) in [5.41, 5.74) is 1.52. The lowest BCUT2D eigenvalue weighted by atomic mass is 9.94. The van der Waals surface area contributed by atoms with Gasteiger partial charge in [-0.15, -0.1) is 0 Å². The Bertz CT molecular complexity index is 758. The number of para-hydroxylation sites is 1. The molecule has 2 amide bonds. The van der Waals surface area contributed by atoms with Crippen molar-refractivity contribution in [2.24, 2.45) is 0 Å². The average Bonchev–Trinajstić information content (AvgIpc) is 2.75. The quantitative estimate of drug-likeness (QED) is 0.562. The number of benzene rings is 1. The van der Waals surface area contributed by atoms with Gasteiger partial charge < -0.3 is 15.7 Å². The van der Waals surface area contributed by atoms with Crippen molar-refractivity contribution in [1.82, 2.24) is 5.32 Å². The first-order valence-electron chi connectivity index (χ1n) is 8.45. The molecule has 0 radical (unpaired) electrons. The van der Waals surface area contributed by atoms with Crippen LogP contribution in [0.4, 0.5) is 5.69 Å². The molecule has 25 heavy (non-hydrogen) atoms. The van der Waals surface area contributed by atoms with E-state index in [-0.39, 0.29) is 17.3 Å². The van der Waals surface area contributed by atoms with Crippen LogP contribution in [-0.4, -0.2) is 22.5 Å². The summed E-state index contributed by atoms with van der Waals surface area (Å²) < 4.78 is 0. The lowest BCUT2D eigenvalue weighted by Gasteiger charge is -2.23. The summed E-state index contributed by atoms with van der Waals surface area (Å²) in [5.74, 6) is -1.14. The predicted octanol–water partition coefficient (Wildman–Crippen LogP) is 3.81. The number of aliphatic hydroxyl groups excluding tert-OH is 1. The number of rotatable bonds is 5. The molecule has 5 nitrogen and oxygen atoms in total. The van der Waals surface area contributed by atoms with E-state index in [1.807, 2.05) is 52.0 Å². The van der Waals surface area contributed by atoms with Gasteiger partial charge in [-0.3, -0.25) is 9.59 Å². The maximum Gasteiger partial charge on any atom is 0.264 e. The Labute approximate surface area is 148 Å². The molecular formula is C20H26N2O3. The summed E-state index contributed by atoms with van der Waals surface area (Å²) >= 11 is 0. The fraction of sp³-hybridized carbons (Fsp3) is 0.400. The van der Waals surface area contributed by atoms with Crippen molar-refractivity contribution in [3.63, 3.8) is 0 Å². The normalized spacial score (nSPS) is 19.8. The molecule has 0 aliphatic carbocycles. The second-order valence-electron chi connectivity index (χ2n) is 7.19. The molecule has 0 spiro atoms.